The van der Waals surface area contributed by atoms with E-state index in [2.05, 4.69) is 48.0 Å². The van der Waals surface area contributed by atoms with Crippen LogP contribution in [0, 0.1) is 17.7 Å². The summed E-state index contributed by atoms with van der Waals surface area (Å²) in [4.78, 5) is 4.79. The Labute approximate surface area is 142 Å². The number of nitrogens with zero attached hydrogens (tertiary/aromatic N) is 1. The fourth-order valence-corrected chi connectivity index (χ4v) is 3.75. The summed E-state index contributed by atoms with van der Waals surface area (Å²) >= 11 is 3.58. The third kappa shape index (κ3) is 3.78. The first-order chi connectivity index (χ1) is 10.3. The molecule has 0 bridgehead atoms. The first-order valence-corrected chi connectivity index (χ1v) is 8.77. The largest absolute Gasteiger partial charge is 0.382 e. The number of nitrogens with two attached hydrogens (primary N) is 1. The molecule has 1 aromatic rings. The standard InChI is InChI=1S/C18H26BrN3/c1-12-7-8-14(19)11-15(12)16(22-17(21)13(2)20)18(3)9-5-4-6-10-18/h7-8,11,16,20H,4-6,9-10H2,1-3H3,(H2,21,22). The summed E-state index contributed by atoms with van der Waals surface area (Å²) in [6.07, 6.45) is 6.13. The number of rotatable bonds is 4. The lowest BCUT2D eigenvalue weighted by atomic mass is 9.68. The van der Waals surface area contributed by atoms with E-state index in [-0.39, 0.29) is 11.5 Å². The van der Waals surface area contributed by atoms with Crippen LogP contribution in [0.4, 0.5) is 0 Å². The van der Waals surface area contributed by atoms with Crippen molar-refractivity contribution in [1.82, 2.24) is 0 Å². The second-order valence-corrected chi connectivity index (χ2v) is 7.67. The normalized spacial score (nSPS) is 19.7. The Kier molecular flexibility index (Phi) is 5.43. The maximum atomic E-state index is 7.76. The van der Waals surface area contributed by atoms with E-state index in [9.17, 15) is 0 Å². The summed E-state index contributed by atoms with van der Waals surface area (Å²) in [6, 6.07) is 6.37. The molecule has 0 saturated heterocycles. The monoisotopic (exact) mass is 363 g/mol. The van der Waals surface area contributed by atoms with Crippen molar-refractivity contribution in [3.05, 3.63) is 33.8 Å². The smallest absolute Gasteiger partial charge is 0.139 e. The molecule has 3 N–H and O–H groups in total. The quantitative estimate of drug-likeness (QED) is 0.562. The number of hydrogen-bond acceptors (Lipinski definition) is 2. The molecule has 0 amide bonds. The van der Waals surface area contributed by atoms with E-state index in [4.69, 9.17) is 16.1 Å². The Bertz CT molecular complexity index is 586. The predicted molar refractivity (Wildman–Crippen MR) is 97.8 cm³/mol. The molecular weight excluding hydrogens is 338 g/mol. The molecule has 1 unspecified atom stereocenters. The first kappa shape index (κ1) is 17.2. The lowest BCUT2D eigenvalue weighted by Crippen LogP contribution is -2.31. The molecule has 120 valence electrons. The van der Waals surface area contributed by atoms with Gasteiger partial charge in [0, 0.05) is 4.47 Å². The van der Waals surface area contributed by atoms with Crippen LogP contribution in [0.2, 0.25) is 0 Å². The Morgan fingerprint density at radius 2 is 1.95 bits per heavy atom. The van der Waals surface area contributed by atoms with Crippen LogP contribution < -0.4 is 5.73 Å². The van der Waals surface area contributed by atoms with Crippen LogP contribution in [0.3, 0.4) is 0 Å². The van der Waals surface area contributed by atoms with E-state index in [1.54, 1.807) is 6.92 Å². The molecule has 2 rings (SSSR count). The van der Waals surface area contributed by atoms with Crippen LogP contribution in [0.15, 0.2) is 27.7 Å². The summed E-state index contributed by atoms with van der Waals surface area (Å²) in [6.45, 7) is 6.16. The minimum atomic E-state index is 0.0191. The molecule has 1 atom stereocenters. The van der Waals surface area contributed by atoms with Crippen LogP contribution in [0.1, 0.15) is 63.1 Å². The molecule has 22 heavy (non-hydrogen) atoms. The zero-order valence-electron chi connectivity index (χ0n) is 13.7. The molecular formula is C18H26BrN3. The molecule has 0 aromatic heterocycles. The van der Waals surface area contributed by atoms with Crippen molar-refractivity contribution in [3.63, 3.8) is 0 Å². The maximum Gasteiger partial charge on any atom is 0.139 e. The zero-order chi connectivity index (χ0) is 16.3. The third-order valence-electron chi connectivity index (χ3n) is 4.84. The molecule has 0 spiro atoms. The number of halogens is 1. The topological polar surface area (TPSA) is 62.2 Å². The minimum absolute atomic E-state index is 0.0191. The van der Waals surface area contributed by atoms with Gasteiger partial charge in [0.25, 0.3) is 0 Å². The van der Waals surface area contributed by atoms with E-state index in [1.807, 2.05) is 0 Å². The van der Waals surface area contributed by atoms with Gasteiger partial charge in [-0.15, -0.1) is 0 Å². The number of aliphatic imine (C=N–C) groups is 1. The Morgan fingerprint density at radius 1 is 1.32 bits per heavy atom. The van der Waals surface area contributed by atoms with Gasteiger partial charge in [-0.05, 0) is 55.4 Å². The Morgan fingerprint density at radius 3 is 2.55 bits per heavy atom. The van der Waals surface area contributed by atoms with Crippen LogP contribution >= 0.6 is 15.9 Å². The Hall–Kier alpha value is -1.16. The second kappa shape index (κ2) is 6.95. The number of amidine groups is 1. The van der Waals surface area contributed by atoms with Gasteiger partial charge < -0.3 is 11.1 Å². The lowest BCUT2D eigenvalue weighted by molar-refractivity contribution is 0.171. The number of hydrogen-bond donors (Lipinski definition) is 2. The van der Waals surface area contributed by atoms with Gasteiger partial charge in [-0.2, -0.15) is 0 Å². The SMILES string of the molecule is CC(=N)/C(N)=N\C(c1cc(Br)ccc1C)C1(C)CCCCC1. The van der Waals surface area contributed by atoms with Crippen molar-refractivity contribution >= 4 is 27.5 Å². The van der Waals surface area contributed by atoms with Gasteiger partial charge >= 0.3 is 0 Å². The molecule has 0 radical (unpaired) electrons. The summed E-state index contributed by atoms with van der Waals surface area (Å²) < 4.78 is 1.07. The molecule has 0 aliphatic heterocycles. The van der Waals surface area contributed by atoms with Crippen molar-refractivity contribution in [2.24, 2.45) is 16.1 Å². The van der Waals surface area contributed by atoms with Crippen molar-refractivity contribution < 1.29 is 0 Å². The third-order valence-corrected chi connectivity index (χ3v) is 5.34. The van der Waals surface area contributed by atoms with Crippen LogP contribution in [0.5, 0.6) is 0 Å². The highest BCUT2D eigenvalue weighted by Crippen LogP contribution is 2.48. The molecule has 3 nitrogen and oxygen atoms in total. The van der Waals surface area contributed by atoms with Crippen molar-refractivity contribution in [2.75, 3.05) is 0 Å². The molecule has 0 heterocycles. The average Bonchev–Trinajstić information content (AvgIpc) is 2.47. The maximum absolute atomic E-state index is 7.76. The van der Waals surface area contributed by atoms with E-state index >= 15 is 0 Å². The highest BCUT2D eigenvalue weighted by molar-refractivity contribution is 9.10. The second-order valence-electron chi connectivity index (χ2n) is 6.76. The molecule has 1 aromatic carbocycles. The molecule has 1 fully saturated rings. The van der Waals surface area contributed by atoms with Gasteiger partial charge in [-0.1, -0.05) is 48.2 Å². The van der Waals surface area contributed by atoms with Gasteiger partial charge in [-0.3, -0.25) is 4.99 Å². The molecule has 1 saturated carbocycles. The van der Waals surface area contributed by atoms with Gasteiger partial charge in [0.05, 0.1) is 11.8 Å². The fraction of sp³-hybridized carbons (Fsp3) is 0.556. The Balaban J connectivity index is 2.52. The number of nitrogens with one attached hydrogen (secondary N) is 1. The van der Waals surface area contributed by atoms with Gasteiger partial charge in [-0.25, -0.2) is 0 Å². The zero-order valence-corrected chi connectivity index (χ0v) is 15.3. The highest BCUT2D eigenvalue weighted by Gasteiger charge is 2.37. The average molecular weight is 364 g/mol. The predicted octanol–water partition coefficient (Wildman–Crippen LogP) is 5.17. The van der Waals surface area contributed by atoms with Gasteiger partial charge in [0.1, 0.15) is 5.84 Å². The fourth-order valence-electron chi connectivity index (χ4n) is 3.38. The van der Waals surface area contributed by atoms with E-state index < -0.39 is 0 Å². The number of benzene rings is 1. The molecule has 4 heteroatoms. The van der Waals surface area contributed by atoms with Gasteiger partial charge in [0.15, 0.2) is 0 Å². The van der Waals surface area contributed by atoms with Crippen molar-refractivity contribution in [2.45, 2.75) is 58.9 Å². The van der Waals surface area contributed by atoms with Crippen molar-refractivity contribution in [3.8, 4) is 0 Å². The first-order valence-electron chi connectivity index (χ1n) is 7.98. The molecule has 1 aliphatic rings. The van der Waals surface area contributed by atoms with E-state index in [0.29, 0.717) is 11.5 Å². The van der Waals surface area contributed by atoms with Gasteiger partial charge in [0.2, 0.25) is 0 Å². The van der Waals surface area contributed by atoms with Crippen LogP contribution in [-0.2, 0) is 0 Å². The lowest BCUT2D eigenvalue weighted by Gasteiger charge is -2.39. The van der Waals surface area contributed by atoms with Crippen LogP contribution in [0.25, 0.3) is 0 Å². The summed E-state index contributed by atoms with van der Waals surface area (Å²) in [5, 5.41) is 7.76. The molecule has 1 aliphatic carbocycles. The van der Waals surface area contributed by atoms with E-state index in [0.717, 1.165) is 17.3 Å². The highest BCUT2D eigenvalue weighted by atomic mass is 79.9. The number of aryl methyl sites for hydroxylation is 1. The summed E-state index contributed by atoms with van der Waals surface area (Å²) in [5.41, 5.74) is 8.94. The summed E-state index contributed by atoms with van der Waals surface area (Å²) in [7, 11) is 0. The van der Waals surface area contributed by atoms with E-state index in [1.165, 1.54) is 30.4 Å². The van der Waals surface area contributed by atoms with Crippen LogP contribution in [-0.4, -0.2) is 11.5 Å². The van der Waals surface area contributed by atoms with Crippen molar-refractivity contribution in [1.29, 1.82) is 5.41 Å². The minimum Gasteiger partial charge on any atom is -0.382 e. The summed E-state index contributed by atoms with van der Waals surface area (Å²) in [5.74, 6) is 0.358.